The molecule has 146 valence electrons. The molecule has 2 rings (SSSR count). The second-order valence-electron chi connectivity index (χ2n) is 6.80. The van der Waals surface area contributed by atoms with Crippen molar-refractivity contribution < 1.29 is 9.59 Å². The summed E-state index contributed by atoms with van der Waals surface area (Å²) in [7, 11) is 1.58. The van der Waals surface area contributed by atoms with Crippen LogP contribution in [0.2, 0.25) is 0 Å². The van der Waals surface area contributed by atoms with Gasteiger partial charge in [-0.05, 0) is 39.4 Å². The Balaban J connectivity index is 1.85. The fourth-order valence-corrected chi connectivity index (χ4v) is 3.31. The molecule has 3 amide bonds. The van der Waals surface area contributed by atoms with Gasteiger partial charge < -0.3 is 20.4 Å². The molecule has 8 heteroatoms. The highest BCUT2D eigenvalue weighted by atomic mass is 16.2. The summed E-state index contributed by atoms with van der Waals surface area (Å²) in [5.74, 6) is -0.227. The zero-order chi connectivity index (χ0) is 19.1. The molecule has 0 saturated heterocycles. The molecule has 0 unspecified atom stereocenters. The first-order valence-electron chi connectivity index (χ1n) is 9.56. The van der Waals surface area contributed by atoms with Crippen molar-refractivity contribution >= 4 is 11.9 Å². The van der Waals surface area contributed by atoms with Crippen LogP contribution in [0.15, 0.2) is 0 Å². The Morgan fingerprint density at radius 3 is 2.73 bits per heavy atom. The van der Waals surface area contributed by atoms with Crippen LogP contribution in [-0.2, 0) is 13.0 Å². The van der Waals surface area contributed by atoms with Gasteiger partial charge in [0.1, 0.15) is 0 Å². The Morgan fingerprint density at radius 2 is 2.08 bits per heavy atom. The summed E-state index contributed by atoms with van der Waals surface area (Å²) in [4.78, 5) is 28.6. The summed E-state index contributed by atoms with van der Waals surface area (Å²) in [5, 5.41) is 12.7. The monoisotopic (exact) mass is 364 g/mol. The van der Waals surface area contributed by atoms with Gasteiger partial charge in [-0.2, -0.15) is 5.10 Å². The molecule has 1 aliphatic heterocycles. The maximum Gasteiger partial charge on any atom is 0.317 e. The van der Waals surface area contributed by atoms with Crippen molar-refractivity contribution in [3.05, 3.63) is 17.0 Å². The van der Waals surface area contributed by atoms with E-state index < -0.39 is 0 Å². The standard InChI is InChI=1S/C18H32N6O2/c1-5-23(6-2)10-7-8-13(3)20-18(26)24-11-9-15-14(12-24)16(22-21-15)17(25)19-4/h13H,5-12H2,1-4H3,(H,19,25)(H,20,26)(H,21,22)/t13-/m0/s1. The van der Waals surface area contributed by atoms with E-state index in [1.807, 2.05) is 6.92 Å². The number of urea groups is 1. The van der Waals surface area contributed by atoms with Crippen LogP contribution in [0.25, 0.3) is 0 Å². The predicted octanol–water partition coefficient (Wildman–Crippen LogP) is 1.35. The number of aromatic nitrogens is 2. The zero-order valence-corrected chi connectivity index (χ0v) is 16.4. The molecule has 8 nitrogen and oxygen atoms in total. The fourth-order valence-electron chi connectivity index (χ4n) is 3.31. The first kappa shape index (κ1) is 20.2. The van der Waals surface area contributed by atoms with Gasteiger partial charge in [-0.25, -0.2) is 4.79 Å². The molecule has 0 aliphatic carbocycles. The molecule has 0 fully saturated rings. The minimum absolute atomic E-state index is 0.0740. The number of aromatic amines is 1. The largest absolute Gasteiger partial charge is 0.354 e. The van der Waals surface area contributed by atoms with Gasteiger partial charge in [0.05, 0.1) is 6.54 Å². The minimum atomic E-state index is -0.227. The van der Waals surface area contributed by atoms with Crippen LogP contribution in [0.5, 0.6) is 0 Å². The Kier molecular flexibility index (Phi) is 7.44. The molecular formula is C18H32N6O2. The molecule has 0 radical (unpaired) electrons. The number of carbonyl (C=O) groups is 2. The summed E-state index contributed by atoms with van der Waals surface area (Å²) in [6.45, 7) is 10.6. The fraction of sp³-hybridized carbons (Fsp3) is 0.722. The number of carbonyl (C=O) groups excluding carboxylic acids is 2. The van der Waals surface area contributed by atoms with Gasteiger partial charge in [0.25, 0.3) is 5.91 Å². The number of amides is 3. The Morgan fingerprint density at radius 1 is 1.35 bits per heavy atom. The van der Waals surface area contributed by atoms with Crippen LogP contribution in [-0.4, -0.2) is 71.2 Å². The van der Waals surface area contributed by atoms with E-state index in [4.69, 9.17) is 0 Å². The van der Waals surface area contributed by atoms with Crippen molar-refractivity contribution in [2.45, 2.75) is 52.6 Å². The van der Waals surface area contributed by atoms with E-state index in [0.717, 1.165) is 43.7 Å². The zero-order valence-electron chi connectivity index (χ0n) is 16.4. The van der Waals surface area contributed by atoms with E-state index in [9.17, 15) is 9.59 Å². The van der Waals surface area contributed by atoms with Crippen molar-refractivity contribution in [3.8, 4) is 0 Å². The third-order valence-electron chi connectivity index (χ3n) is 5.04. The lowest BCUT2D eigenvalue weighted by Crippen LogP contribution is -2.46. The molecule has 2 heterocycles. The lowest BCUT2D eigenvalue weighted by atomic mass is 10.1. The van der Waals surface area contributed by atoms with E-state index in [0.29, 0.717) is 25.2 Å². The third kappa shape index (κ3) is 4.97. The molecule has 1 atom stereocenters. The lowest BCUT2D eigenvalue weighted by Gasteiger charge is -2.29. The number of hydrogen-bond donors (Lipinski definition) is 3. The highest BCUT2D eigenvalue weighted by Crippen LogP contribution is 2.20. The molecule has 1 aromatic rings. The number of nitrogens with one attached hydrogen (secondary N) is 3. The summed E-state index contributed by atoms with van der Waals surface area (Å²) in [5.41, 5.74) is 2.15. The Hall–Kier alpha value is -2.09. The van der Waals surface area contributed by atoms with Gasteiger partial charge in [0, 0.05) is 37.3 Å². The highest BCUT2D eigenvalue weighted by molar-refractivity contribution is 5.94. The van der Waals surface area contributed by atoms with Crippen LogP contribution in [0.3, 0.4) is 0 Å². The average Bonchev–Trinajstić information content (AvgIpc) is 3.07. The number of fused-ring (bicyclic) bond motifs is 1. The summed E-state index contributed by atoms with van der Waals surface area (Å²) in [6, 6.07) is 0.0530. The predicted molar refractivity (Wildman–Crippen MR) is 101 cm³/mol. The van der Waals surface area contributed by atoms with Crippen LogP contribution in [0.4, 0.5) is 4.79 Å². The normalized spacial score (nSPS) is 14.9. The lowest BCUT2D eigenvalue weighted by molar-refractivity contribution is 0.0955. The SMILES string of the molecule is CCN(CC)CCC[C@H](C)NC(=O)N1CCc2[nH]nc(C(=O)NC)c2C1. The quantitative estimate of drug-likeness (QED) is 0.649. The molecule has 1 aliphatic rings. The maximum absolute atomic E-state index is 12.6. The van der Waals surface area contributed by atoms with Crippen LogP contribution in [0, 0.1) is 0 Å². The number of nitrogens with zero attached hydrogens (tertiary/aromatic N) is 3. The number of rotatable bonds is 8. The van der Waals surface area contributed by atoms with E-state index in [1.54, 1.807) is 11.9 Å². The van der Waals surface area contributed by atoms with Gasteiger partial charge in [0.2, 0.25) is 0 Å². The average molecular weight is 364 g/mol. The molecule has 26 heavy (non-hydrogen) atoms. The van der Waals surface area contributed by atoms with E-state index in [1.165, 1.54) is 0 Å². The smallest absolute Gasteiger partial charge is 0.317 e. The second-order valence-corrected chi connectivity index (χ2v) is 6.80. The molecule has 0 aromatic carbocycles. The topological polar surface area (TPSA) is 93.4 Å². The van der Waals surface area contributed by atoms with Crippen molar-refractivity contribution in [3.63, 3.8) is 0 Å². The van der Waals surface area contributed by atoms with E-state index in [2.05, 4.69) is 39.6 Å². The van der Waals surface area contributed by atoms with Crippen molar-refractivity contribution in [1.82, 2.24) is 30.6 Å². The molecule has 1 aromatic heterocycles. The molecular weight excluding hydrogens is 332 g/mol. The van der Waals surface area contributed by atoms with E-state index >= 15 is 0 Å². The van der Waals surface area contributed by atoms with Crippen LogP contribution >= 0.6 is 0 Å². The minimum Gasteiger partial charge on any atom is -0.354 e. The van der Waals surface area contributed by atoms with Gasteiger partial charge in [-0.15, -0.1) is 0 Å². The number of H-pyrrole nitrogens is 1. The second kappa shape index (κ2) is 9.56. The third-order valence-corrected chi connectivity index (χ3v) is 5.04. The number of hydrogen-bond acceptors (Lipinski definition) is 4. The van der Waals surface area contributed by atoms with Gasteiger partial charge >= 0.3 is 6.03 Å². The first-order chi connectivity index (χ1) is 12.5. The maximum atomic E-state index is 12.6. The molecule has 0 saturated carbocycles. The summed E-state index contributed by atoms with van der Waals surface area (Å²) in [6.07, 6.45) is 2.70. The highest BCUT2D eigenvalue weighted by Gasteiger charge is 2.27. The van der Waals surface area contributed by atoms with Crippen LogP contribution in [0.1, 0.15) is 55.4 Å². The Bertz CT molecular complexity index is 611. The summed E-state index contributed by atoms with van der Waals surface area (Å²) >= 11 is 0. The van der Waals surface area contributed by atoms with Gasteiger partial charge in [0.15, 0.2) is 5.69 Å². The molecule has 3 N–H and O–H groups in total. The van der Waals surface area contributed by atoms with Crippen molar-refractivity contribution in [1.29, 1.82) is 0 Å². The summed E-state index contributed by atoms with van der Waals surface area (Å²) < 4.78 is 0. The first-order valence-corrected chi connectivity index (χ1v) is 9.56. The molecule has 0 spiro atoms. The van der Waals surface area contributed by atoms with Crippen molar-refractivity contribution in [2.24, 2.45) is 0 Å². The van der Waals surface area contributed by atoms with E-state index in [-0.39, 0.29) is 18.0 Å². The van der Waals surface area contributed by atoms with Crippen molar-refractivity contribution in [2.75, 3.05) is 33.2 Å². The van der Waals surface area contributed by atoms with Gasteiger partial charge in [-0.1, -0.05) is 13.8 Å². The molecule has 0 bridgehead atoms. The van der Waals surface area contributed by atoms with Gasteiger partial charge in [-0.3, -0.25) is 9.89 Å². The van der Waals surface area contributed by atoms with Crippen LogP contribution < -0.4 is 10.6 Å². The Labute approximate surface area is 155 Å².